The van der Waals surface area contributed by atoms with E-state index in [-0.39, 0.29) is 28.6 Å². The van der Waals surface area contributed by atoms with Crippen LogP contribution in [0.3, 0.4) is 0 Å². The van der Waals surface area contributed by atoms with Crippen molar-refractivity contribution < 1.29 is 19.1 Å². The summed E-state index contributed by atoms with van der Waals surface area (Å²) in [5, 5.41) is 9.36. The number of fused-ring (bicyclic) bond motifs is 1. The Morgan fingerprint density at radius 2 is 2.03 bits per heavy atom. The van der Waals surface area contributed by atoms with Gasteiger partial charge < -0.3 is 15.0 Å². The number of amides is 2. The van der Waals surface area contributed by atoms with Crippen molar-refractivity contribution in [3.63, 3.8) is 0 Å². The third-order valence-electron chi connectivity index (χ3n) is 5.04. The van der Waals surface area contributed by atoms with Crippen molar-refractivity contribution in [2.75, 3.05) is 26.0 Å². The summed E-state index contributed by atoms with van der Waals surface area (Å²) in [7, 11) is 3.26. The van der Waals surface area contributed by atoms with Crippen LogP contribution in [0.15, 0.2) is 36.0 Å². The molecule has 0 aliphatic carbocycles. The number of carbonyl (C=O) groups is 3. The van der Waals surface area contributed by atoms with E-state index in [0.29, 0.717) is 22.5 Å². The van der Waals surface area contributed by atoms with Crippen LogP contribution in [-0.2, 0) is 4.74 Å². The molecule has 4 aromatic heterocycles. The van der Waals surface area contributed by atoms with Crippen molar-refractivity contribution in [3.05, 3.63) is 57.5 Å². The van der Waals surface area contributed by atoms with Crippen molar-refractivity contribution in [3.8, 4) is 10.6 Å². The second kappa shape index (κ2) is 9.74. The lowest BCUT2D eigenvalue weighted by Gasteiger charge is -2.09. The molecule has 0 fully saturated rings. The predicted octanol–water partition coefficient (Wildman–Crippen LogP) is 4.35. The smallest absolute Gasteiger partial charge is 0.341 e. The van der Waals surface area contributed by atoms with Gasteiger partial charge in [-0.1, -0.05) is 13.0 Å². The maximum atomic E-state index is 13.3. The van der Waals surface area contributed by atoms with Gasteiger partial charge in [0.15, 0.2) is 5.65 Å². The third kappa shape index (κ3) is 4.31. The van der Waals surface area contributed by atoms with Gasteiger partial charge in [0.25, 0.3) is 11.8 Å². The molecule has 9 nitrogen and oxygen atoms in total. The minimum absolute atomic E-state index is 0.181. The average Bonchev–Trinajstić information content (AvgIpc) is 3.55. The van der Waals surface area contributed by atoms with Gasteiger partial charge in [0.1, 0.15) is 10.6 Å². The number of aromatic nitrogens is 3. The van der Waals surface area contributed by atoms with Crippen LogP contribution in [0.2, 0.25) is 0 Å². The number of rotatable bonds is 7. The number of thiophene rings is 2. The Morgan fingerprint density at radius 1 is 1.24 bits per heavy atom. The zero-order valence-corrected chi connectivity index (χ0v) is 20.7. The fraction of sp³-hybridized carbons (Fsp3) is 0.261. The quantitative estimate of drug-likeness (QED) is 0.381. The zero-order chi connectivity index (χ0) is 24.4. The van der Waals surface area contributed by atoms with Crippen molar-refractivity contribution in [1.29, 1.82) is 0 Å². The van der Waals surface area contributed by atoms with E-state index in [4.69, 9.17) is 4.74 Å². The lowest BCUT2D eigenvalue weighted by molar-refractivity contribution is 0.0506. The Labute approximate surface area is 204 Å². The summed E-state index contributed by atoms with van der Waals surface area (Å²) in [6.07, 6.45) is 3.72. The molecule has 0 aliphatic heterocycles. The molecule has 34 heavy (non-hydrogen) atoms. The molecule has 0 spiro atoms. The SMILES string of the molecule is CCCOC(=O)c1c(NC(=O)c2cnn3c(-c4cccs4)ccnc23)sc(C(=O)N(C)C)c1C. The van der Waals surface area contributed by atoms with Crippen LogP contribution in [0.4, 0.5) is 5.00 Å². The second-order valence-electron chi connectivity index (χ2n) is 7.65. The molecule has 4 heterocycles. The van der Waals surface area contributed by atoms with Gasteiger partial charge in [-0.25, -0.2) is 14.3 Å². The lowest BCUT2D eigenvalue weighted by atomic mass is 10.1. The van der Waals surface area contributed by atoms with Gasteiger partial charge >= 0.3 is 5.97 Å². The Kier molecular flexibility index (Phi) is 6.75. The number of esters is 1. The van der Waals surface area contributed by atoms with E-state index in [1.807, 2.05) is 30.5 Å². The molecule has 0 atom stereocenters. The predicted molar refractivity (Wildman–Crippen MR) is 132 cm³/mol. The molecule has 1 N–H and O–H groups in total. The summed E-state index contributed by atoms with van der Waals surface area (Å²) in [5.41, 5.74) is 2.10. The molecule has 176 valence electrons. The Morgan fingerprint density at radius 3 is 2.71 bits per heavy atom. The summed E-state index contributed by atoms with van der Waals surface area (Å²) in [4.78, 5) is 45.8. The van der Waals surface area contributed by atoms with Crippen molar-refractivity contribution >= 4 is 51.1 Å². The first-order valence-corrected chi connectivity index (χ1v) is 12.2. The largest absolute Gasteiger partial charge is 0.462 e. The molecule has 0 radical (unpaired) electrons. The van der Waals surface area contributed by atoms with Gasteiger partial charge in [0.05, 0.1) is 33.8 Å². The van der Waals surface area contributed by atoms with E-state index in [1.54, 1.807) is 43.1 Å². The minimum atomic E-state index is -0.582. The summed E-state index contributed by atoms with van der Waals surface area (Å²) < 4.78 is 6.92. The molecule has 0 aliphatic rings. The summed E-state index contributed by atoms with van der Waals surface area (Å²) >= 11 is 2.60. The van der Waals surface area contributed by atoms with Gasteiger partial charge in [-0.3, -0.25) is 9.59 Å². The highest BCUT2D eigenvalue weighted by Crippen LogP contribution is 2.35. The Bertz CT molecular complexity index is 1370. The molecule has 2 amide bonds. The summed E-state index contributed by atoms with van der Waals surface area (Å²) in [6.45, 7) is 3.80. The van der Waals surface area contributed by atoms with Crippen LogP contribution in [0.5, 0.6) is 0 Å². The highest BCUT2D eigenvalue weighted by molar-refractivity contribution is 7.18. The number of nitrogens with zero attached hydrogens (tertiary/aromatic N) is 4. The average molecular weight is 498 g/mol. The number of carbonyl (C=O) groups excluding carboxylic acids is 3. The maximum Gasteiger partial charge on any atom is 0.341 e. The van der Waals surface area contributed by atoms with Gasteiger partial charge in [0.2, 0.25) is 0 Å². The number of hydrogen-bond acceptors (Lipinski definition) is 8. The molecule has 0 aromatic carbocycles. The maximum absolute atomic E-state index is 13.3. The van der Waals surface area contributed by atoms with Crippen molar-refractivity contribution in [2.24, 2.45) is 0 Å². The second-order valence-corrected chi connectivity index (χ2v) is 9.62. The van der Waals surface area contributed by atoms with Crippen molar-refractivity contribution in [1.82, 2.24) is 19.5 Å². The van der Waals surface area contributed by atoms with Crippen LogP contribution in [0.1, 0.15) is 49.3 Å². The monoisotopic (exact) mass is 497 g/mol. The molecule has 0 saturated heterocycles. The summed E-state index contributed by atoms with van der Waals surface area (Å²) in [6, 6.07) is 5.73. The molecular formula is C23H23N5O4S2. The third-order valence-corrected chi connectivity index (χ3v) is 7.12. The van der Waals surface area contributed by atoms with Crippen LogP contribution in [0, 0.1) is 6.92 Å². The first-order chi connectivity index (χ1) is 16.3. The van der Waals surface area contributed by atoms with Gasteiger partial charge in [-0.15, -0.1) is 22.7 Å². The Hall–Kier alpha value is -3.57. The number of ether oxygens (including phenoxy) is 1. The molecular weight excluding hydrogens is 474 g/mol. The lowest BCUT2D eigenvalue weighted by Crippen LogP contribution is -2.21. The number of nitrogens with one attached hydrogen (secondary N) is 1. The standard InChI is InChI=1S/C23H23N5O4S2/c1-5-10-32-23(31)17-13(2)18(22(30)27(3)4)34-21(17)26-20(29)14-12-25-28-15(8-9-24-19(14)28)16-7-6-11-33-16/h6-9,11-12H,5,10H2,1-4H3,(H,26,29). The number of anilines is 1. The molecule has 0 saturated carbocycles. The van der Waals surface area contributed by atoms with E-state index in [1.165, 1.54) is 11.1 Å². The topological polar surface area (TPSA) is 106 Å². The molecule has 4 aromatic rings. The van der Waals surface area contributed by atoms with E-state index >= 15 is 0 Å². The van der Waals surface area contributed by atoms with Gasteiger partial charge in [-0.2, -0.15) is 5.10 Å². The highest BCUT2D eigenvalue weighted by Gasteiger charge is 2.28. The van der Waals surface area contributed by atoms with Crippen LogP contribution >= 0.6 is 22.7 Å². The zero-order valence-electron chi connectivity index (χ0n) is 19.1. The fourth-order valence-corrected chi connectivity index (χ4v) is 5.30. The van der Waals surface area contributed by atoms with E-state index in [2.05, 4.69) is 15.4 Å². The summed E-state index contributed by atoms with van der Waals surface area (Å²) in [5.74, 6) is -1.33. The van der Waals surface area contributed by atoms with Crippen LogP contribution < -0.4 is 5.32 Å². The number of hydrogen-bond donors (Lipinski definition) is 1. The molecule has 0 bridgehead atoms. The normalized spacial score (nSPS) is 10.9. The van der Waals surface area contributed by atoms with E-state index in [0.717, 1.165) is 21.9 Å². The van der Waals surface area contributed by atoms with E-state index < -0.39 is 11.9 Å². The first-order valence-electron chi connectivity index (χ1n) is 10.5. The fourth-order valence-electron chi connectivity index (χ4n) is 3.35. The van der Waals surface area contributed by atoms with Gasteiger partial charge in [-0.05, 0) is 36.4 Å². The Balaban J connectivity index is 1.72. The van der Waals surface area contributed by atoms with E-state index in [9.17, 15) is 14.4 Å². The van der Waals surface area contributed by atoms with Crippen molar-refractivity contribution in [2.45, 2.75) is 20.3 Å². The van der Waals surface area contributed by atoms with Crippen LogP contribution in [0.25, 0.3) is 16.2 Å². The minimum Gasteiger partial charge on any atom is -0.462 e. The highest BCUT2D eigenvalue weighted by atomic mass is 32.1. The molecule has 0 unspecified atom stereocenters. The molecule has 11 heteroatoms. The molecule has 4 rings (SSSR count). The van der Waals surface area contributed by atoms with Gasteiger partial charge in [0, 0.05) is 20.3 Å². The van der Waals surface area contributed by atoms with Crippen LogP contribution in [-0.4, -0.2) is 58.0 Å². The first kappa shape index (κ1) is 23.6.